The number of hydrogen-bond donors (Lipinski definition) is 2. The van der Waals surface area contributed by atoms with Gasteiger partial charge in [0.25, 0.3) is 11.7 Å². The fraction of sp³-hybridized carbons (Fsp3) is 0.160. The van der Waals surface area contributed by atoms with Crippen molar-refractivity contribution in [2.75, 3.05) is 13.2 Å². The molecule has 0 saturated carbocycles. The molecule has 0 aliphatic carbocycles. The molecule has 1 amide bonds. The van der Waals surface area contributed by atoms with E-state index < -0.39 is 17.7 Å². The van der Waals surface area contributed by atoms with Crippen LogP contribution in [0.25, 0.3) is 5.76 Å². The molecular weight excluding hydrogens is 424 g/mol. The molecule has 33 heavy (non-hydrogen) atoms. The number of likely N-dealkylation sites (tertiary alicyclic amines) is 1. The molecule has 0 spiro atoms. The number of phenols is 1. The van der Waals surface area contributed by atoms with Crippen LogP contribution < -0.4 is 9.47 Å². The number of hydrogen-bond acceptors (Lipinski definition) is 7. The summed E-state index contributed by atoms with van der Waals surface area (Å²) in [6, 6.07) is 13.8. The zero-order valence-corrected chi connectivity index (χ0v) is 17.5. The Hall–Kier alpha value is -4.33. The Kier molecular flexibility index (Phi) is 5.18. The number of Topliss-reactive ketones (excluding diaryl/α,β-unsaturated/α-hetero) is 1. The summed E-state index contributed by atoms with van der Waals surface area (Å²) in [7, 11) is 0. The molecule has 8 heteroatoms. The van der Waals surface area contributed by atoms with Gasteiger partial charge in [-0.1, -0.05) is 18.2 Å². The van der Waals surface area contributed by atoms with Crippen molar-refractivity contribution < 1.29 is 29.3 Å². The van der Waals surface area contributed by atoms with Crippen molar-refractivity contribution in [2.45, 2.75) is 12.6 Å². The maximum absolute atomic E-state index is 13.1. The van der Waals surface area contributed by atoms with Crippen LogP contribution in [0.3, 0.4) is 0 Å². The number of ether oxygens (including phenoxy) is 2. The van der Waals surface area contributed by atoms with E-state index in [9.17, 15) is 19.8 Å². The fourth-order valence-corrected chi connectivity index (χ4v) is 4.12. The summed E-state index contributed by atoms with van der Waals surface area (Å²) in [5.41, 5.74) is 1.48. The highest BCUT2D eigenvalue weighted by molar-refractivity contribution is 6.46. The van der Waals surface area contributed by atoms with Crippen LogP contribution >= 0.6 is 0 Å². The van der Waals surface area contributed by atoms with E-state index in [0.717, 1.165) is 5.56 Å². The number of pyridine rings is 1. The van der Waals surface area contributed by atoms with Crippen molar-refractivity contribution in [1.82, 2.24) is 9.88 Å². The number of ketones is 1. The monoisotopic (exact) mass is 444 g/mol. The van der Waals surface area contributed by atoms with Gasteiger partial charge in [-0.05, 0) is 47.5 Å². The first-order chi connectivity index (χ1) is 16.0. The minimum atomic E-state index is -0.898. The molecule has 1 atom stereocenters. The van der Waals surface area contributed by atoms with Crippen LogP contribution in [0.5, 0.6) is 17.2 Å². The van der Waals surface area contributed by atoms with Crippen LogP contribution in [0, 0.1) is 0 Å². The molecule has 8 nitrogen and oxygen atoms in total. The number of aliphatic hydroxyl groups is 1. The van der Waals surface area contributed by atoms with Gasteiger partial charge in [-0.2, -0.15) is 0 Å². The first-order valence-electron chi connectivity index (χ1n) is 10.4. The van der Waals surface area contributed by atoms with E-state index in [2.05, 4.69) is 4.98 Å². The van der Waals surface area contributed by atoms with Gasteiger partial charge in [-0.15, -0.1) is 0 Å². The third-order valence-corrected chi connectivity index (χ3v) is 5.62. The lowest BCUT2D eigenvalue weighted by molar-refractivity contribution is -0.140. The van der Waals surface area contributed by atoms with Crippen molar-refractivity contribution >= 4 is 17.4 Å². The summed E-state index contributed by atoms with van der Waals surface area (Å²) in [5.74, 6) is -0.903. The standard InChI is InChI=1S/C25H20N2O6/c28-18-5-1-4-16(11-18)22-21(23(29)17-6-7-19-20(12-17)33-10-9-32-19)24(30)25(31)27(22)14-15-3-2-8-26-13-15/h1-8,11-13,22,28-29H,9-10,14H2/t22-/m0/s1. The van der Waals surface area contributed by atoms with Gasteiger partial charge in [0.15, 0.2) is 11.5 Å². The number of carbonyl (C=O) groups excluding carboxylic acids is 2. The van der Waals surface area contributed by atoms with Gasteiger partial charge in [0.1, 0.15) is 24.7 Å². The lowest BCUT2D eigenvalue weighted by atomic mass is 9.95. The smallest absolute Gasteiger partial charge is 0.295 e. The minimum Gasteiger partial charge on any atom is -0.508 e. The van der Waals surface area contributed by atoms with Gasteiger partial charge in [-0.3, -0.25) is 14.6 Å². The fourth-order valence-electron chi connectivity index (χ4n) is 4.12. The van der Waals surface area contributed by atoms with Gasteiger partial charge in [0.2, 0.25) is 0 Å². The number of aromatic nitrogens is 1. The maximum atomic E-state index is 13.1. The Bertz CT molecular complexity index is 1270. The first-order valence-corrected chi connectivity index (χ1v) is 10.4. The number of aliphatic hydroxyl groups excluding tert-OH is 1. The number of phenolic OH excluding ortho intramolecular Hbond substituents is 1. The normalized spacial score (nSPS) is 19.0. The molecule has 5 rings (SSSR count). The van der Waals surface area contributed by atoms with Gasteiger partial charge >= 0.3 is 0 Å². The number of fused-ring (bicyclic) bond motifs is 1. The number of aromatic hydroxyl groups is 1. The third-order valence-electron chi connectivity index (χ3n) is 5.62. The predicted octanol–water partition coefficient (Wildman–Crippen LogP) is 3.18. The van der Waals surface area contributed by atoms with Crippen molar-refractivity contribution in [3.8, 4) is 17.2 Å². The Morgan fingerprint density at radius 2 is 1.85 bits per heavy atom. The lowest BCUT2D eigenvalue weighted by Crippen LogP contribution is -2.29. The molecule has 0 unspecified atom stereocenters. The van der Waals surface area contributed by atoms with Gasteiger partial charge in [0, 0.05) is 24.5 Å². The minimum absolute atomic E-state index is 0.0150. The molecule has 2 aliphatic rings. The van der Waals surface area contributed by atoms with E-state index in [1.54, 1.807) is 54.9 Å². The lowest BCUT2D eigenvalue weighted by Gasteiger charge is -2.25. The van der Waals surface area contributed by atoms with Gasteiger partial charge < -0.3 is 24.6 Å². The summed E-state index contributed by atoms with van der Waals surface area (Å²) in [6.07, 6.45) is 3.23. The molecule has 166 valence electrons. The molecule has 0 radical (unpaired) electrons. The van der Waals surface area contributed by atoms with Crippen molar-refractivity contribution in [3.63, 3.8) is 0 Å². The molecule has 2 aliphatic heterocycles. The Morgan fingerprint density at radius 3 is 2.61 bits per heavy atom. The molecule has 1 aromatic heterocycles. The van der Waals surface area contributed by atoms with E-state index in [-0.39, 0.29) is 23.6 Å². The number of carbonyl (C=O) groups is 2. The molecule has 1 saturated heterocycles. The topological polar surface area (TPSA) is 109 Å². The largest absolute Gasteiger partial charge is 0.508 e. The average molecular weight is 444 g/mol. The van der Waals surface area contributed by atoms with Gasteiger partial charge in [0.05, 0.1) is 11.6 Å². The molecule has 2 aromatic carbocycles. The second-order valence-electron chi connectivity index (χ2n) is 7.74. The number of nitrogens with zero attached hydrogens (tertiary/aromatic N) is 2. The number of rotatable bonds is 4. The molecular formula is C25H20N2O6. The predicted molar refractivity (Wildman–Crippen MR) is 118 cm³/mol. The summed E-state index contributed by atoms with van der Waals surface area (Å²) in [6.45, 7) is 0.905. The van der Waals surface area contributed by atoms with Crippen LogP contribution in [-0.4, -0.2) is 45.0 Å². The summed E-state index contributed by atoms with van der Waals surface area (Å²) in [4.78, 5) is 31.6. The van der Waals surface area contributed by atoms with E-state index >= 15 is 0 Å². The van der Waals surface area contributed by atoms with Crippen LogP contribution in [0.1, 0.15) is 22.7 Å². The zero-order valence-electron chi connectivity index (χ0n) is 17.5. The van der Waals surface area contributed by atoms with Crippen molar-refractivity contribution in [2.24, 2.45) is 0 Å². The summed E-state index contributed by atoms with van der Waals surface area (Å²) >= 11 is 0. The van der Waals surface area contributed by atoms with E-state index in [0.29, 0.717) is 35.8 Å². The van der Waals surface area contributed by atoms with E-state index in [1.807, 2.05) is 0 Å². The van der Waals surface area contributed by atoms with Crippen LogP contribution in [0.2, 0.25) is 0 Å². The molecule has 3 aromatic rings. The average Bonchev–Trinajstić information content (AvgIpc) is 3.09. The number of benzene rings is 2. The Morgan fingerprint density at radius 1 is 1.03 bits per heavy atom. The van der Waals surface area contributed by atoms with Gasteiger partial charge in [-0.25, -0.2) is 0 Å². The van der Waals surface area contributed by atoms with Crippen molar-refractivity contribution in [1.29, 1.82) is 0 Å². The quantitative estimate of drug-likeness (QED) is 0.361. The molecule has 1 fully saturated rings. The van der Waals surface area contributed by atoms with E-state index in [1.165, 1.54) is 17.0 Å². The maximum Gasteiger partial charge on any atom is 0.295 e. The second kappa shape index (κ2) is 8.31. The summed E-state index contributed by atoms with van der Waals surface area (Å²) < 4.78 is 11.1. The highest BCUT2D eigenvalue weighted by atomic mass is 16.6. The zero-order chi connectivity index (χ0) is 22.9. The number of amides is 1. The molecule has 0 bridgehead atoms. The first kappa shape index (κ1) is 20.6. The van der Waals surface area contributed by atoms with E-state index in [4.69, 9.17) is 9.47 Å². The Labute approximate surface area is 189 Å². The highest BCUT2D eigenvalue weighted by Crippen LogP contribution is 2.42. The van der Waals surface area contributed by atoms with Crippen LogP contribution in [-0.2, 0) is 16.1 Å². The third kappa shape index (κ3) is 3.76. The SMILES string of the molecule is O=C1C(=O)N(Cc2cccnc2)[C@@H](c2cccc(O)c2)C1=C(O)c1ccc2c(c1)OCCO2. The van der Waals surface area contributed by atoms with Crippen LogP contribution in [0.15, 0.2) is 72.6 Å². The Balaban J connectivity index is 1.64. The summed E-state index contributed by atoms with van der Waals surface area (Å²) in [5, 5.41) is 21.3. The second-order valence-corrected chi connectivity index (χ2v) is 7.74. The molecule has 2 N–H and O–H groups in total. The highest BCUT2D eigenvalue weighted by Gasteiger charge is 2.46. The van der Waals surface area contributed by atoms with Crippen molar-refractivity contribution in [3.05, 3.63) is 89.3 Å². The van der Waals surface area contributed by atoms with Crippen LogP contribution in [0.4, 0.5) is 0 Å². The molecule has 3 heterocycles.